The second kappa shape index (κ2) is 3.73. The van der Waals surface area contributed by atoms with E-state index in [0.29, 0.717) is 32.4 Å². The Morgan fingerprint density at radius 1 is 1.25 bits per heavy atom. The highest BCUT2D eigenvalue weighted by Gasteiger charge is 2.43. The van der Waals surface area contributed by atoms with E-state index in [0.717, 1.165) is 0 Å². The summed E-state index contributed by atoms with van der Waals surface area (Å²) >= 11 is 0. The molecule has 2 aliphatic rings. The molecule has 0 unspecified atom stereocenters. The van der Waals surface area contributed by atoms with Crippen LogP contribution in [0.3, 0.4) is 0 Å². The van der Waals surface area contributed by atoms with Gasteiger partial charge in [0.15, 0.2) is 0 Å². The third kappa shape index (κ3) is 2.04. The molecule has 1 amide bonds. The molecule has 2 fully saturated rings. The topological polar surface area (TPSA) is 77.8 Å². The molecule has 1 saturated carbocycles. The summed E-state index contributed by atoms with van der Waals surface area (Å²) in [5.41, 5.74) is -0.750. The van der Waals surface area contributed by atoms with Crippen molar-refractivity contribution in [2.45, 2.75) is 31.8 Å². The van der Waals surface area contributed by atoms with Crippen LogP contribution < -0.4 is 0 Å². The monoisotopic (exact) mass is 227 g/mol. The van der Waals surface area contributed by atoms with Crippen LogP contribution in [0, 0.1) is 11.8 Å². The number of hydrogen-bond donors (Lipinski definition) is 2. The molecule has 16 heavy (non-hydrogen) atoms. The minimum Gasteiger partial charge on any atom is -0.481 e. The average Bonchev–Trinajstić information content (AvgIpc) is 2.61. The fourth-order valence-corrected chi connectivity index (χ4v) is 2.62. The van der Waals surface area contributed by atoms with E-state index in [9.17, 15) is 14.7 Å². The molecule has 5 heteroatoms. The molecule has 2 N–H and O–H groups in total. The van der Waals surface area contributed by atoms with E-state index in [1.165, 1.54) is 0 Å². The number of amides is 1. The lowest BCUT2D eigenvalue weighted by molar-refractivity contribution is -0.156. The summed E-state index contributed by atoms with van der Waals surface area (Å²) in [6.07, 6.45) is 1.71. The van der Waals surface area contributed by atoms with E-state index in [1.54, 1.807) is 11.8 Å². The smallest absolute Gasteiger partial charge is 0.306 e. The van der Waals surface area contributed by atoms with Gasteiger partial charge in [0.1, 0.15) is 0 Å². The summed E-state index contributed by atoms with van der Waals surface area (Å²) in [6, 6.07) is 0. The van der Waals surface area contributed by atoms with Crippen molar-refractivity contribution in [3.63, 3.8) is 0 Å². The number of hydrogen-bond acceptors (Lipinski definition) is 3. The third-order valence-electron chi connectivity index (χ3n) is 3.51. The Morgan fingerprint density at radius 3 is 2.25 bits per heavy atom. The van der Waals surface area contributed by atoms with Gasteiger partial charge in [-0.05, 0) is 26.2 Å². The van der Waals surface area contributed by atoms with Gasteiger partial charge in [-0.3, -0.25) is 9.59 Å². The van der Waals surface area contributed by atoms with E-state index in [2.05, 4.69) is 0 Å². The first-order valence-corrected chi connectivity index (χ1v) is 5.63. The predicted molar refractivity (Wildman–Crippen MR) is 55.7 cm³/mol. The number of likely N-dealkylation sites (tertiary alicyclic amines) is 1. The molecular weight excluding hydrogens is 210 g/mol. The zero-order valence-electron chi connectivity index (χ0n) is 9.35. The molecule has 0 aromatic heterocycles. The molecule has 0 radical (unpaired) electrons. The van der Waals surface area contributed by atoms with Crippen LogP contribution in [0.5, 0.6) is 0 Å². The maximum Gasteiger partial charge on any atom is 0.306 e. The van der Waals surface area contributed by atoms with Gasteiger partial charge >= 0.3 is 5.97 Å². The number of rotatable bonds is 2. The minimum atomic E-state index is -0.800. The van der Waals surface area contributed by atoms with Crippen LogP contribution in [-0.4, -0.2) is 45.7 Å². The van der Waals surface area contributed by atoms with Gasteiger partial charge in [-0.2, -0.15) is 0 Å². The molecule has 0 aromatic rings. The van der Waals surface area contributed by atoms with Crippen molar-refractivity contribution >= 4 is 11.9 Å². The maximum absolute atomic E-state index is 11.9. The molecule has 0 bridgehead atoms. The summed E-state index contributed by atoms with van der Waals surface area (Å²) in [5.74, 6) is -1.31. The number of nitrogens with zero attached hydrogens (tertiary/aromatic N) is 1. The largest absolute Gasteiger partial charge is 0.481 e. The Labute approximate surface area is 94.0 Å². The molecular formula is C11H17NO4. The lowest BCUT2D eigenvalue weighted by Crippen LogP contribution is -2.62. The van der Waals surface area contributed by atoms with Crippen molar-refractivity contribution in [3.05, 3.63) is 0 Å². The first-order valence-electron chi connectivity index (χ1n) is 5.63. The van der Waals surface area contributed by atoms with Crippen molar-refractivity contribution in [1.82, 2.24) is 4.90 Å². The van der Waals surface area contributed by atoms with E-state index >= 15 is 0 Å². The molecule has 2 atom stereocenters. The molecule has 2 rings (SSSR count). The summed E-state index contributed by atoms with van der Waals surface area (Å²) in [7, 11) is 0. The summed E-state index contributed by atoms with van der Waals surface area (Å²) in [5, 5.41) is 18.4. The second-order valence-electron chi connectivity index (χ2n) is 5.24. The number of carbonyl (C=O) groups excluding carboxylic acids is 1. The Morgan fingerprint density at radius 2 is 1.81 bits per heavy atom. The first-order chi connectivity index (χ1) is 7.39. The van der Waals surface area contributed by atoms with Crippen LogP contribution in [0.2, 0.25) is 0 Å². The van der Waals surface area contributed by atoms with Gasteiger partial charge in [-0.25, -0.2) is 0 Å². The number of carbonyl (C=O) groups is 2. The van der Waals surface area contributed by atoms with Gasteiger partial charge in [0.05, 0.1) is 24.6 Å². The fraction of sp³-hybridized carbons (Fsp3) is 0.818. The molecule has 1 aliphatic heterocycles. The molecule has 0 spiro atoms. The minimum absolute atomic E-state index is 0.00951. The Hall–Kier alpha value is -1.10. The summed E-state index contributed by atoms with van der Waals surface area (Å²) < 4.78 is 0. The summed E-state index contributed by atoms with van der Waals surface area (Å²) in [6.45, 7) is 2.45. The van der Waals surface area contributed by atoms with Crippen LogP contribution in [0.1, 0.15) is 26.2 Å². The molecule has 1 heterocycles. The van der Waals surface area contributed by atoms with Gasteiger partial charge in [-0.15, -0.1) is 0 Å². The summed E-state index contributed by atoms with van der Waals surface area (Å²) in [4.78, 5) is 24.3. The third-order valence-corrected chi connectivity index (χ3v) is 3.51. The lowest BCUT2D eigenvalue weighted by Gasteiger charge is -2.45. The van der Waals surface area contributed by atoms with Gasteiger partial charge < -0.3 is 15.1 Å². The van der Waals surface area contributed by atoms with E-state index in [-0.39, 0.29) is 17.7 Å². The van der Waals surface area contributed by atoms with Crippen molar-refractivity contribution in [1.29, 1.82) is 0 Å². The van der Waals surface area contributed by atoms with Crippen molar-refractivity contribution < 1.29 is 19.8 Å². The Kier molecular flexibility index (Phi) is 2.66. The highest BCUT2D eigenvalue weighted by atomic mass is 16.4. The molecule has 1 saturated heterocycles. The molecule has 1 aliphatic carbocycles. The predicted octanol–water partition coefficient (Wildman–Crippen LogP) is 0.0805. The Balaban J connectivity index is 1.86. The number of aliphatic carboxylic acids is 1. The van der Waals surface area contributed by atoms with E-state index in [1.807, 2.05) is 0 Å². The highest BCUT2D eigenvalue weighted by Crippen LogP contribution is 2.34. The fourth-order valence-electron chi connectivity index (χ4n) is 2.62. The normalized spacial score (nSPS) is 32.2. The Bertz CT molecular complexity index is 318. The van der Waals surface area contributed by atoms with Crippen molar-refractivity contribution in [2.75, 3.05) is 13.1 Å². The molecule has 0 aromatic carbocycles. The van der Waals surface area contributed by atoms with Crippen LogP contribution in [0.25, 0.3) is 0 Å². The zero-order chi connectivity index (χ0) is 11.9. The standard InChI is InChI=1S/C11H17NO4/c1-11(16)5-12(6-11)9(13)7-2-3-8(4-7)10(14)15/h7-8,16H,2-6H2,1H3,(H,14,15)/t7-,8+/m1/s1. The van der Waals surface area contributed by atoms with Gasteiger partial charge in [0.2, 0.25) is 5.91 Å². The van der Waals surface area contributed by atoms with Crippen molar-refractivity contribution in [3.8, 4) is 0 Å². The zero-order valence-corrected chi connectivity index (χ0v) is 9.35. The second-order valence-corrected chi connectivity index (χ2v) is 5.24. The average molecular weight is 227 g/mol. The van der Waals surface area contributed by atoms with Gasteiger partial charge in [0, 0.05) is 5.92 Å². The highest BCUT2D eigenvalue weighted by molar-refractivity contribution is 5.81. The van der Waals surface area contributed by atoms with Crippen LogP contribution >= 0.6 is 0 Å². The number of carboxylic acid groups (broad SMARTS) is 1. The SMILES string of the molecule is CC1(O)CN(C(=O)[C@@H]2CC[C@H](C(=O)O)C2)C1. The molecule has 90 valence electrons. The maximum atomic E-state index is 11.9. The lowest BCUT2D eigenvalue weighted by atomic mass is 9.93. The van der Waals surface area contributed by atoms with E-state index < -0.39 is 11.6 Å². The first kappa shape index (κ1) is 11.4. The molecule has 5 nitrogen and oxygen atoms in total. The van der Waals surface area contributed by atoms with Crippen LogP contribution in [0.15, 0.2) is 0 Å². The number of β-amino-alcohol motifs (C(OH)–C–C–N with tert-alkyl or cyclic N) is 1. The quantitative estimate of drug-likeness (QED) is 0.700. The van der Waals surface area contributed by atoms with Crippen molar-refractivity contribution in [2.24, 2.45) is 11.8 Å². The van der Waals surface area contributed by atoms with Gasteiger partial charge in [-0.1, -0.05) is 0 Å². The van der Waals surface area contributed by atoms with E-state index in [4.69, 9.17) is 5.11 Å². The van der Waals surface area contributed by atoms with Crippen LogP contribution in [0.4, 0.5) is 0 Å². The number of aliphatic hydroxyl groups is 1. The number of carboxylic acids is 1. The van der Waals surface area contributed by atoms with Gasteiger partial charge in [0.25, 0.3) is 0 Å². The van der Waals surface area contributed by atoms with Crippen LogP contribution in [-0.2, 0) is 9.59 Å².